The van der Waals surface area contributed by atoms with Crippen molar-refractivity contribution in [1.29, 1.82) is 0 Å². The maximum Gasteiger partial charge on any atom is 0.222 e. The van der Waals surface area contributed by atoms with E-state index < -0.39 is 0 Å². The number of benzene rings is 1. The zero-order valence-electron chi connectivity index (χ0n) is 12.0. The summed E-state index contributed by atoms with van der Waals surface area (Å²) in [6, 6.07) is 10.2. The molecular formula is C16H20N4O. The monoisotopic (exact) mass is 284 g/mol. The Labute approximate surface area is 125 Å². The Morgan fingerprint density at radius 3 is 2.43 bits per heavy atom. The number of hydrogen-bond acceptors (Lipinski definition) is 5. The van der Waals surface area contributed by atoms with Crippen LogP contribution in [0.4, 0.5) is 5.95 Å². The van der Waals surface area contributed by atoms with Crippen molar-refractivity contribution in [2.24, 2.45) is 0 Å². The zero-order chi connectivity index (χ0) is 14.3. The van der Waals surface area contributed by atoms with E-state index in [2.05, 4.69) is 32.3 Å². The molecule has 2 heterocycles. The molecule has 2 aromatic rings. The number of aromatic nitrogens is 2. The number of ether oxygens (including phenoxy) is 1. The second-order valence-corrected chi connectivity index (χ2v) is 5.04. The fourth-order valence-corrected chi connectivity index (χ4v) is 2.35. The van der Waals surface area contributed by atoms with Crippen LogP contribution in [0, 0.1) is 0 Å². The summed E-state index contributed by atoms with van der Waals surface area (Å²) >= 11 is 0. The van der Waals surface area contributed by atoms with Crippen molar-refractivity contribution in [3.05, 3.63) is 42.7 Å². The minimum Gasteiger partial charge on any atom is -0.379 e. The highest BCUT2D eigenvalue weighted by molar-refractivity contribution is 5.61. The van der Waals surface area contributed by atoms with E-state index in [1.54, 1.807) is 0 Å². The van der Waals surface area contributed by atoms with Gasteiger partial charge in [-0.25, -0.2) is 9.97 Å². The summed E-state index contributed by atoms with van der Waals surface area (Å²) in [6.07, 6.45) is 3.72. The molecule has 1 N–H and O–H groups in total. The predicted octanol–water partition coefficient (Wildman–Crippen LogP) is 1.89. The predicted molar refractivity (Wildman–Crippen MR) is 83.2 cm³/mol. The van der Waals surface area contributed by atoms with Crippen LogP contribution in [-0.2, 0) is 4.74 Å². The van der Waals surface area contributed by atoms with Gasteiger partial charge < -0.3 is 10.1 Å². The second kappa shape index (κ2) is 7.15. The molecule has 1 aromatic heterocycles. The molecule has 1 aromatic carbocycles. The van der Waals surface area contributed by atoms with Gasteiger partial charge in [-0.2, -0.15) is 0 Å². The van der Waals surface area contributed by atoms with Gasteiger partial charge in [0.05, 0.1) is 13.2 Å². The number of nitrogens with one attached hydrogen (secondary N) is 1. The first-order chi connectivity index (χ1) is 10.4. The molecule has 0 aliphatic carbocycles. The summed E-state index contributed by atoms with van der Waals surface area (Å²) in [5.41, 5.74) is 2.17. The number of anilines is 1. The molecule has 5 heteroatoms. The minimum absolute atomic E-state index is 0.683. The van der Waals surface area contributed by atoms with Gasteiger partial charge in [0.15, 0.2) is 0 Å². The van der Waals surface area contributed by atoms with Crippen LogP contribution in [0.5, 0.6) is 0 Å². The maximum atomic E-state index is 5.33. The van der Waals surface area contributed by atoms with Crippen LogP contribution >= 0.6 is 0 Å². The number of hydrogen-bond donors (Lipinski definition) is 1. The van der Waals surface area contributed by atoms with Crippen molar-refractivity contribution in [1.82, 2.24) is 14.9 Å². The Morgan fingerprint density at radius 1 is 1.00 bits per heavy atom. The average Bonchev–Trinajstić information content (AvgIpc) is 2.57. The molecule has 0 radical (unpaired) electrons. The fourth-order valence-electron chi connectivity index (χ4n) is 2.35. The maximum absolute atomic E-state index is 5.33. The van der Waals surface area contributed by atoms with E-state index in [0.717, 1.165) is 50.5 Å². The molecule has 0 unspecified atom stereocenters. The molecule has 0 atom stereocenters. The van der Waals surface area contributed by atoms with Gasteiger partial charge >= 0.3 is 0 Å². The molecule has 0 spiro atoms. The van der Waals surface area contributed by atoms with Crippen LogP contribution < -0.4 is 5.32 Å². The summed E-state index contributed by atoms with van der Waals surface area (Å²) in [6.45, 7) is 5.54. The highest BCUT2D eigenvalue weighted by Gasteiger charge is 2.09. The SMILES string of the molecule is c1ccc(-c2cnc(NCCN3CCOCC3)nc2)cc1. The van der Waals surface area contributed by atoms with E-state index in [-0.39, 0.29) is 0 Å². The minimum atomic E-state index is 0.683. The molecule has 0 amide bonds. The topological polar surface area (TPSA) is 50.3 Å². The Bertz CT molecular complexity index is 538. The third-order valence-electron chi connectivity index (χ3n) is 3.57. The molecule has 5 nitrogen and oxygen atoms in total. The van der Waals surface area contributed by atoms with Crippen LogP contribution in [-0.4, -0.2) is 54.3 Å². The smallest absolute Gasteiger partial charge is 0.222 e. The molecule has 0 bridgehead atoms. The van der Waals surface area contributed by atoms with Gasteiger partial charge in [-0.1, -0.05) is 30.3 Å². The molecular weight excluding hydrogens is 264 g/mol. The molecule has 1 aliphatic heterocycles. The van der Waals surface area contributed by atoms with Gasteiger partial charge in [-0.05, 0) is 5.56 Å². The van der Waals surface area contributed by atoms with Gasteiger partial charge in [0.1, 0.15) is 0 Å². The van der Waals surface area contributed by atoms with Crippen LogP contribution in [0.25, 0.3) is 11.1 Å². The van der Waals surface area contributed by atoms with Crippen molar-refractivity contribution in [3.63, 3.8) is 0 Å². The number of nitrogens with zero attached hydrogens (tertiary/aromatic N) is 3. The van der Waals surface area contributed by atoms with Crippen molar-refractivity contribution in [2.75, 3.05) is 44.7 Å². The molecule has 21 heavy (non-hydrogen) atoms. The normalized spacial score (nSPS) is 15.8. The molecule has 1 saturated heterocycles. The van der Waals surface area contributed by atoms with E-state index in [0.29, 0.717) is 5.95 Å². The summed E-state index contributed by atoms with van der Waals surface area (Å²) in [4.78, 5) is 11.1. The highest BCUT2D eigenvalue weighted by Crippen LogP contribution is 2.16. The molecule has 1 aliphatic rings. The van der Waals surface area contributed by atoms with Crippen molar-refractivity contribution >= 4 is 5.95 Å². The van der Waals surface area contributed by atoms with Gasteiger partial charge in [0.25, 0.3) is 0 Å². The number of morpholine rings is 1. The van der Waals surface area contributed by atoms with E-state index in [1.165, 1.54) is 0 Å². The Balaban J connectivity index is 1.50. The van der Waals surface area contributed by atoms with Gasteiger partial charge in [-0.3, -0.25) is 4.90 Å². The van der Waals surface area contributed by atoms with Crippen LogP contribution in [0.15, 0.2) is 42.7 Å². The van der Waals surface area contributed by atoms with Crippen molar-refractivity contribution < 1.29 is 4.74 Å². The van der Waals surface area contributed by atoms with Gasteiger partial charge in [0, 0.05) is 44.1 Å². The quantitative estimate of drug-likeness (QED) is 0.908. The van der Waals surface area contributed by atoms with Crippen molar-refractivity contribution in [2.45, 2.75) is 0 Å². The van der Waals surface area contributed by atoms with E-state index in [4.69, 9.17) is 4.74 Å². The summed E-state index contributed by atoms with van der Waals surface area (Å²) in [5, 5.41) is 3.27. The Kier molecular flexibility index (Phi) is 4.76. The molecule has 3 rings (SSSR count). The Hall–Kier alpha value is -1.98. The highest BCUT2D eigenvalue weighted by atomic mass is 16.5. The lowest BCUT2D eigenvalue weighted by Gasteiger charge is -2.26. The summed E-state index contributed by atoms with van der Waals surface area (Å²) < 4.78 is 5.33. The van der Waals surface area contributed by atoms with Gasteiger partial charge in [0.2, 0.25) is 5.95 Å². The summed E-state index contributed by atoms with van der Waals surface area (Å²) in [5.74, 6) is 0.683. The Morgan fingerprint density at radius 2 is 1.71 bits per heavy atom. The lowest BCUT2D eigenvalue weighted by atomic mass is 10.1. The molecule has 0 saturated carbocycles. The lowest BCUT2D eigenvalue weighted by molar-refractivity contribution is 0.0398. The lowest BCUT2D eigenvalue weighted by Crippen LogP contribution is -2.39. The largest absolute Gasteiger partial charge is 0.379 e. The van der Waals surface area contributed by atoms with Crippen LogP contribution in [0.2, 0.25) is 0 Å². The second-order valence-electron chi connectivity index (χ2n) is 5.04. The first-order valence-corrected chi connectivity index (χ1v) is 7.33. The first kappa shape index (κ1) is 14.0. The fraction of sp³-hybridized carbons (Fsp3) is 0.375. The number of rotatable bonds is 5. The zero-order valence-corrected chi connectivity index (χ0v) is 12.0. The molecule has 1 fully saturated rings. The standard InChI is InChI=1S/C16H20N4O/c1-2-4-14(5-3-1)15-12-18-16(19-13-15)17-6-7-20-8-10-21-11-9-20/h1-5,12-13H,6-11H2,(H,17,18,19). The first-order valence-electron chi connectivity index (χ1n) is 7.33. The summed E-state index contributed by atoms with van der Waals surface area (Å²) in [7, 11) is 0. The third-order valence-corrected chi connectivity index (χ3v) is 3.57. The molecule has 110 valence electrons. The third kappa shape index (κ3) is 4.00. The van der Waals surface area contributed by atoms with E-state index in [9.17, 15) is 0 Å². The average molecular weight is 284 g/mol. The van der Waals surface area contributed by atoms with Crippen LogP contribution in [0.1, 0.15) is 0 Å². The van der Waals surface area contributed by atoms with E-state index >= 15 is 0 Å². The van der Waals surface area contributed by atoms with E-state index in [1.807, 2.05) is 30.6 Å². The van der Waals surface area contributed by atoms with Crippen LogP contribution in [0.3, 0.4) is 0 Å². The van der Waals surface area contributed by atoms with Crippen molar-refractivity contribution in [3.8, 4) is 11.1 Å². The van der Waals surface area contributed by atoms with Gasteiger partial charge in [-0.15, -0.1) is 0 Å².